The highest BCUT2D eigenvalue weighted by Gasteiger charge is 2.05. The van der Waals surface area contributed by atoms with Gasteiger partial charge in [-0.1, -0.05) is 24.3 Å². The van der Waals surface area contributed by atoms with E-state index in [0.717, 1.165) is 18.1 Å². The van der Waals surface area contributed by atoms with Gasteiger partial charge in [-0.05, 0) is 37.3 Å². The van der Waals surface area contributed by atoms with Crippen molar-refractivity contribution in [1.82, 2.24) is 0 Å². The topological polar surface area (TPSA) is 13.1 Å². The summed E-state index contributed by atoms with van der Waals surface area (Å²) in [4.78, 5) is 0. The molecule has 1 aromatic heterocycles. The van der Waals surface area contributed by atoms with Gasteiger partial charge in [-0.15, -0.1) is 0 Å². The summed E-state index contributed by atoms with van der Waals surface area (Å²) in [6.45, 7) is 0. The van der Waals surface area contributed by atoms with Crippen molar-refractivity contribution in [2.45, 2.75) is 25.7 Å². The molecule has 1 heterocycles. The van der Waals surface area contributed by atoms with Gasteiger partial charge in [0.25, 0.3) is 0 Å². The average Bonchev–Trinajstić information content (AvgIpc) is 2.72. The van der Waals surface area contributed by atoms with Crippen LogP contribution in [0.1, 0.15) is 25.0 Å². The van der Waals surface area contributed by atoms with Crippen LogP contribution in [-0.4, -0.2) is 0 Å². The lowest BCUT2D eigenvalue weighted by Crippen LogP contribution is -1.98. The van der Waals surface area contributed by atoms with E-state index in [2.05, 4.69) is 30.4 Å². The maximum absolute atomic E-state index is 5.29. The zero-order chi connectivity index (χ0) is 9.64. The van der Waals surface area contributed by atoms with E-state index in [4.69, 9.17) is 4.42 Å². The first-order valence-corrected chi connectivity index (χ1v) is 5.31. The number of hydrogen-bond acceptors (Lipinski definition) is 1. The van der Waals surface area contributed by atoms with E-state index in [1.807, 2.05) is 6.07 Å². The molecule has 1 aliphatic carbocycles. The number of aryl methyl sites for hydroxylation is 1. The fourth-order valence-corrected chi connectivity index (χ4v) is 1.84. The quantitative estimate of drug-likeness (QED) is 0.701. The Morgan fingerprint density at radius 1 is 1.36 bits per heavy atom. The van der Waals surface area contributed by atoms with Crippen LogP contribution in [0.2, 0.25) is 0 Å². The molecule has 0 radical (unpaired) electrons. The second-order valence-electron chi connectivity index (χ2n) is 3.78. The number of hydrogen-bond donors (Lipinski definition) is 0. The molecule has 1 aliphatic rings. The largest absolute Gasteiger partial charge is 0.469 e. The molecule has 0 bridgehead atoms. The van der Waals surface area contributed by atoms with Crippen LogP contribution in [-0.2, 0) is 6.42 Å². The molecule has 0 amide bonds. The predicted octanol–water partition coefficient (Wildman–Crippen LogP) is 3.73. The fraction of sp³-hybridized carbons (Fsp3) is 0.385. The summed E-state index contributed by atoms with van der Waals surface area (Å²) >= 11 is 0. The van der Waals surface area contributed by atoms with Gasteiger partial charge in [-0.3, -0.25) is 0 Å². The van der Waals surface area contributed by atoms with Gasteiger partial charge in [0, 0.05) is 6.42 Å². The minimum Gasteiger partial charge on any atom is -0.469 e. The molecule has 1 nitrogen and oxygen atoms in total. The monoisotopic (exact) mass is 188 g/mol. The first-order chi connectivity index (χ1) is 6.95. The van der Waals surface area contributed by atoms with Gasteiger partial charge in [0.15, 0.2) is 0 Å². The lowest BCUT2D eigenvalue weighted by Gasteiger charge is -2.11. The summed E-state index contributed by atoms with van der Waals surface area (Å²) in [5, 5.41) is 0. The number of furan rings is 1. The zero-order valence-electron chi connectivity index (χ0n) is 8.36. The molecule has 0 saturated carbocycles. The van der Waals surface area contributed by atoms with Crippen LogP contribution in [0.3, 0.4) is 0 Å². The molecule has 0 fully saturated rings. The van der Waals surface area contributed by atoms with Crippen LogP contribution in [0.5, 0.6) is 0 Å². The molecule has 14 heavy (non-hydrogen) atoms. The van der Waals surface area contributed by atoms with Crippen LogP contribution in [0, 0.1) is 5.92 Å². The van der Waals surface area contributed by atoms with E-state index in [0.29, 0.717) is 0 Å². The minimum absolute atomic E-state index is 0.745. The highest BCUT2D eigenvalue weighted by atomic mass is 16.3. The Hall–Kier alpha value is -1.24. The van der Waals surface area contributed by atoms with Crippen molar-refractivity contribution in [3.05, 3.63) is 48.5 Å². The second kappa shape index (κ2) is 4.85. The summed E-state index contributed by atoms with van der Waals surface area (Å²) in [6.07, 6.45) is 15.3. The van der Waals surface area contributed by atoms with E-state index >= 15 is 0 Å². The van der Waals surface area contributed by atoms with Crippen LogP contribution in [0.25, 0.3) is 0 Å². The molecule has 1 aromatic rings. The Morgan fingerprint density at radius 2 is 2.36 bits per heavy atom. The minimum atomic E-state index is 0.745. The van der Waals surface area contributed by atoms with Crippen LogP contribution < -0.4 is 0 Å². The maximum Gasteiger partial charge on any atom is 0.103 e. The number of rotatable bonds is 4. The highest BCUT2D eigenvalue weighted by Crippen LogP contribution is 2.18. The van der Waals surface area contributed by atoms with E-state index in [9.17, 15) is 0 Å². The molecular formula is C13H16O. The van der Waals surface area contributed by atoms with E-state index < -0.39 is 0 Å². The summed E-state index contributed by atoms with van der Waals surface area (Å²) in [6, 6.07) is 4.01. The predicted molar refractivity (Wildman–Crippen MR) is 58.0 cm³/mol. The lowest BCUT2D eigenvalue weighted by molar-refractivity contribution is 0.480. The van der Waals surface area contributed by atoms with Gasteiger partial charge in [0.2, 0.25) is 0 Å². The Kier molecular flexibility index (Phi) is 3.23. The second-order valence-corrected chi connectivity index (χ2v) is 3.78. The average molecular weight is 188 g/mol. The van der Waals surface area contributed by atoms with Crippen LogP contribution in [0.4, 0.5) is 0 Å². The lowest BCUT2D eigenvalue weighted by atomic mass is 9.95. The smallest absolute Gasteiger partial charge is 0.103 e. The molecule has 1 atom stereocenters. The van der Waals surface area contributed by atoms with Gasteiger partial charge >= 0.3 is 0 Å². The van der Waals surface area contributed by atoms with Gasteiger partial charge in [0.05, 0.1) is 6.26 Å². The SMILES string of the molecule is C1=CCC(CCCc2ccco2)C=C1. The molecule has 1 unspecified atom stereocenters. The molecule has 0 saturated heterocycles. The maximum atomic E-state index is 5.29. The van der Waals surface area contributed by atoms with E-state index in [1.165, 1.54) is 19.3 Å². The normalized spacial score (nSPS) is 20.1. The van der Waals surface area contributed by atoms with Crippen LogP contribution >= 0.6 is 0 Å². The zero-order valence-corrected chi connectivity index (χ0v) is 8.36. The molecule has 0 spiro atoms. The van der Waals surface area contributed by atoms with Crippen molar-refractivity contribution in [1.29, 1.82) is 0 Å². The molecule has 1 heteroatoms. The Bertz CT molecular complexity index is 306. The molecular weight excluding hydrogens is 172 g/mol. The Balaban J connectivity index is 1.68. The summed E-state index contributed by atoms with van der Waals surface area (Å²) in [5.41, 5.74) is 0. The van der Waals surface area contributed by atoms with Crippen molar-refractivity contribution in [2.24, 2.45) is 5.92 Å². The first-order valence-electron chi connectivity index (χ1n) is 5.31. The van der Waals surface area contributed by atoms with Gasteiger partial charge in [-0.2, -0.15) is 0 Å². The van der Waals surface area contributed by atoms with Gasteiger partial charge < -0.3 is 4.42 Å². The van der Waals surface area contributed by atoms with Crippen LogP contribution in [0.15, 0.2) is 47.1 Å². The van der Waals surface area contributed by atoms with E-state index in [1.54, 1.807) is 6.26 Å². The molecule has 74 valence electrons. The Labute approximate surface area is 85.1 Å². The van der Waals surface area contributed by atoms with Gasteiger partial charge in [-0.25, -0.2) is 0 Å². The van der Waals surface area contributed by atoms with Gasteiger partial charge in [0.1, 0.15) is 5.76 Å². The fourth-order valence-electron chi connectivity index (χ4n) is 1.84. The van der Waals surface area contributed by atoms with Crippen molar-refractivity contribution in [3.8, 4) is 0 Å². The number of allylic oxidation sites excluding steroid dienone is 4. The standard InChI is InChI=1S/C13H16O/c1-2-6-12(7-3-1)8-4-9-13-10-5-11-14-13/h1-3,5-6,10-12H,4,7-9H2. The highest BCUT2D eigenvalue weighted by molar-refractivity contribution is 5.10. The summed E-state index contributed by atoms with van der Waals surface area (Å²) in [5.74, 6) is 1.86. The third-order valence-electron chi connectivity index (χ3n) is 2.65. The summed E-state index contributed by atoms with van der Waals surface area (Å²) < 4.78 is 5.29. The van der Waals surface area contributed by atoms with Crippen molar-refractivity contribution in [2.75, 3.05) is 0 Å². The Morgan fingerprint density at radius 3 is 3.07 bits per heavy atom. The third kappa shape index (κ3) is 2.63. The molecule has 2 rings (SSSR count). The molecule has 0 aliphatic heterocycles. The third-order valence-corrected chi connectivity index (χ3v) is 2.65. The van der Waals surface area contributed by atoms with Crippen molar-refractivity contribution >= 4 is 0 Å². The molecule has 0 aromatic carbocycles. The van der Waals surface area contributed by atoms with E-state index in [-0.39, 0.29) is 0 Å². The van der Waals surface area contributed by atoms with Crippen molar-refractivity contribution < 1.29 is 4.42 Å². The summed E-state index contributed by atoms with van der Waals surface area (Å²) in [7, 11) is 0. The molecule has 0 N–H and O–H groups in total. The van der Waals surface area contributed by atoms with Crippen molar-refractivity contribution in [3.63, 3.8) is 0 Å². The first kappa shape index (κ1) is 9.32.